The lowest BCUT2D eigenvalue weighted by atomic mass is 9.51. The second-order valence-corrected chi connectivity index (χ2v) is 10.6. The molecular formula is C27H35FN4O3. The molecule has 0 spiro atoms. The first-order valence-electron chi connectivity index (χ1n) is 12.5. The van der Waals surface area contributed by atoms with Gasteiger partial charge in [0, 0.05) is 30.9 Å². The Bertz CT molecular complexity index is 1030. The van der Waals surface area contributed by atoms with E-state index in [1.807, 2.05) is 6.92 Å². The molecule has 0 radical (unpaired) electrons. The number of aliphatic hydroxyl groups excluding tert-OH is 1. The summed E-state index contributed by atoms with van der Waals surface area (Å²) >= 11 is 0. The van der Waals surface area contributed by atoms with E-state index < -0.39 is 6.10 Å². The summed E-state index contributed by atoms with van der Waals surface area (Å²) < 4.78 is 13.1. The maximum absolute atomic E-state index is 13.1. The highest BCUT2D eigenvalue weighted by Gasteiger charge is 2.53. The number of aliphatic hydroxyl groups is 1. The maximum atomic E-state index is 13.1. The lowest BCUT2D eigenvalue weighted by Gasteiger charge is -2.56. The number of hydrogen-bond donors (Lipinski definition) is 3. The van der Waals surface area contributed by atoms with E-state index in [0.29, 0.717) is 6.54 Å². The van der Waals surface area contributed by atoms with E-state index in [4.69, 9.17) is 0 Å². The molecule has 4 rings (SSSR count). The van der Waals surface area contributed by atoms with Crippen molar-refractivity contribution in [1.29, 1.82) is 0 Å². The first-order chi connectivity index (χ1) is 16.7. The van der Waals surface area contributed by atoms with Crippen LogP contribution in [0.3, 0.4) is 0 Å². The Kier molecular flexibility index (Phi) is 7.50. The molecule has 7 atom stereocenters. The predicted octanol–water partition coefficient (Wildman–Crippen LogP) is 3.49. The van der Waals surface area contributed by atoms with E-state index in [1.165, 1.54) is 30.7 Å². The van der Waals surface area contributed by atoms with Crippen LogP contribution in [0.4, 0.5) is 4.39 Å². The largest absolute Gasteiger partial charge is 0.392 e. The van der Waals surface area contributed by atoms with Crippen molar-refractivity contribution in [1.82, 2.24) is 20.6 Å². The highest BCUT2D eigenvalue weighted by atomic mass is 19.1. The van der Waals surface area contributed by atoms with Gasteiger partial charge in [-0.25, -0.2) is 9.37 Å². The summed E-state index contributed by atoms with van der Waals surface area (Å²) in [5, 5.41) is 17.6. The van der Waals surface area contributed by atoms with Crippen LogP contribution in [0.25, 0.3) is 0 Å². The molecular weight excluding hydrogens is 447 g/mol. The normalized spacial score (nSPS) is 31.2. The molecule has 7 nitrogen and oxygen atoms in total. The van der Waals surface area contributed by atoms with Crippen LogP contribution in [0.1, 0.15) is 62.5 Å². The highest BCUT2D eigenvalue weighted by Crippen LogP contribution is 2.55. The van der Waals surface area contributed by atoms with Gasteiger partial charge in [0.2, 0.25) is 5.91 Å². The van der Waals surface area contributed by atoms with Gasteiger partial charge < -0.3 is 15.7 Å². The molecule has 2 fully saturated rings. The summed E-state index contributed by atoms with van der Waals surface area (Å²) in [6.45, 7) is 6.51. The molecule has 3 N–H and O–H groups in total. The quantitative estimate of drug-likeness (QED) is 0.585. The average molecular weight is 483 g/mol. The molecule has 8 heteroatoms. The zero-order chi connectivity index (χ0) is 25.2. The van der Waals surface area contributed by atoms with Crippen molar-refractivity contribution in [2.45, 2.75) is 65.1 Å². The fraction of sp³-hybridized carbons (Fsp3) is 0.556. The van der Waals surface area contributed by atoms with Gasteiger partial charge in [0.25, 0.3) is 5.91 Å². The van der Waals surface area contributed by atoms with Gasteiger partial charge in [-0.2, -0.15) is 0 Å². The molecule has 2 saturated carbocycles. The van der Waals surface area contributed by atoms with Crippen LogP contribution < -0.4 is 10.6 Å². The van der Waals surface area contributed by atoms with Crippen molar-refractivity contribution >= 4 is 11.8 Å². The van der Waals surface area contributed by atoms with Gasteiger partial charge in [0.05, 0.1) is 12.3 Å². The van der Waals surface area contributed by atoms with Gasteiger partial charge in [0.1, 0.15) is 11.5 Å². The molecule has 0 unspecified atom stereocenters. The number of halogens is 1. The fourth-order valence-electron chi connectivity index (χ4n) is 6.30. The lowest BCUT2D eigenvalue weighted by Crippen LogP contribution is -2.58. The molecule has 2 aliphatic carbocycles. The van der Waals surface area contributed by atoms with Crippen LogP contribution in [0.5, 0.6) is 0 Å². The SMILES string of the molecule is C[C@H]1[C@@H]2[C@@H](O)[C@H]([C@H](C)C(=O)NCc3ccc(F)cc3)CC[C@@]2(C)CC[C@@H]1NC(=O)c1cnccn1. The number of rotatable bonds is 6. The van der Waals surface area contributed by atoms with Crippen LogP contribution in [0.2, 0.25) is 0 Å². The number of carbonyl (C=O) groups excluding carboxylic acids is 2. The number of carbonyl (C=O) groups is 2. The minimum absolute atomic E-state index is 0.0329. The predicted molar refractivity (Wildman–Crippen MR) is 129 cm³/mol. The number of benzene rings is 1. The minimum atomic E-state index is -0.647. The number of nitrogens with one attached hydrogen (secondary N) is 2. The molecule has 0 saturated heterocycles. The Morgan fingerprint density at radius 3 is 2.60 bits per heavy atom. The second-order valence-electron chi connectivity index (χ2n) is 10.6. The van der Waals surface area contributed by atoms with Crippen LogP contribution in [-0.4, -0.2) is 39.0 Å². The zero-order valence-electron chi connectivity index (χ0n) is 20.6. The van der Waals surface area contributed by atoms with E-state index in [-0.39, 0.29) is 58.5 Å². The molecule has 2 aromatic rings. The van der Waals surface area contributed by atoms with E-state index in [2.05, 4.69) is 34.4 Å². The highest BCUT2D eigenvalue weighted by molar-refractivity contribution is 5.92. The number of nitrogens with zero attached hydrogens (tertiary/aromatic N) is 2. The number of aromatic nitrogens is 2. The Morgan fingerprint density at radius 2 is 1.91 bits per heavy atom. The van der Waals surface area contributed by atoms with Gasteiger partial charge in [-0.3, -0.25) is 14.6 Å². The van der Waals surface area contributed by atoms with Crippen LogP contribution in [0, 0.1) is 34.9 Å². The van der Waals surface area contributed by atoms with Crippen molar-refractivity contribution in [3.8, 4) is 0 Å². The summed E-state index contributed by atoms with van der Waals surface area (Å²) in [6, 6.07) is 5.97. The van der Waals surface area contributed by atoms with Gasteiger partial charge >= 0.3 is 0 Å². The number of fused-ring (bicyclic) bond motifs is 1. The molecule has 0 bridgehead atoms. The molecule has 1 heterocycles. The Hall–Kier alpha value is -2.87. The first-order valence-corrected chi connectivity index (χ1v) is 12.5. The topological polar surface area (TPSA) is 104 Å². The van der Waals surface area contributed by atoms with E-state index in [0.717, 1.165) is 31.2 Å². The molecule has 2 amide bonds. The van der Waals surface area contributed by atoms with E-state index in [1.54, 1.807) is 12.1 Å². The van der Waals surface area contributed by atoms with Crippen LogP contribution in [-0.2, 0) is 11.3 Å². The monoisotopic (exact) mass is 482 g/mol. The average Bonchev–Trinajstić information content (AvgIpc) is 2.85. The Morgan fingerprint density at radius 1 is 1.20 bits per heavy atom. The molecule has 0 aliphatic heterocycles. The van der Waals surface area contributed by atoms with Crippen molar-refractivity contribution in [3.63, 3.8) is 0 Å². The number of amides is 2. The summed E-state index contributed by atoms with van der Waals surface area (Å²) in [4.78, 5) is 33.7. The second kappa shape index (κ2) is 10.4. The minimum Gasteiger partial charge on any atom is -0.392 e. The van der Waals surface area contributed by atoms with E-state index >= 15 is 0 Å². The third-order valence-corrected chi connectivity index (χ3v) is 8.44. The summed E-state index contributed by atoms with van der Waals surface area (Å²) in [7, 11) is 0. The Balaban J connectivity index is 1.41. The molecule has 35 heavy (non-hydrogen) atoms. The summed E-state index contributed by atoms with van der Waals surface area (Å²) in [6.07, 6.45) is 7.28. The molecule has 188 valence electrons. The van der Waals surface area contributed by atoms with E-state index in [9.17, 15) is 19.1 Å². The van der Waals surface area contributed by atoms with Crippen molar-refractivity contribution < 1.29 is 19.1 Å². The molecule has 1 aromatic heterocycles. The van der Waals surface area contributed by atoms with Crippen LogP contribution in [0.15, 0.2) is 42.9 Å². The van der Waals surface area contributed by atoms with Gasteiger partial charge in [-0.15, -0.1) is 0 Å². The maximum Gasteiger partial charge on any atom is 0.271 e. The van der Waals surface area contributed by atoms with Gasteiger partial charge in [0.15, 0.2) is 0 Å². The smallest absolute Gasteiger partial charge is 0.271 e. The fourth-order valence-corrected chi connectivity index (χ4v) is 6.30. The van der Waals surface area contributed by atoms with Gasteiger partial charge in [-0.05, 0) is 66.5 Å². The summed E-state index contributed by atoms with van der Waals surface area (Å²) in [5.41, 5.74) is 1.07. The third kappa shape index (κ3) is 5.37. The third-order valence-electron chi connectivity index (χ3n) is 8.44. The molecule has 1 aromatic carbocycles. The number of hydrogen-bond acceptors (Lipinski definition) is 5. The first kappa shape index (κ1) is 25.2. The van der Waals surface area contributed by atoms with Gasteiger partial charge in [-0.1, -0.05) is 32.9 Å². The van der Waals surface area contributed by atoms with Crippen molar-refractivity contribution in [3.05, 3.63) is 59.9 Å². The zero-order valence-corrected chi connectivity index (χ0v) is 20.6. The van der Waals surface area contributed by atoms with Crippen LogP contribution >= 0.6 is 0 Å². The van der Waals surface area contributed by atoms with Crippen molar-refractivity contribution in [2.24, 2.45) is 29.1 Å². The van der Waals surface area contributed by atoms with Crippen molar-refractivity contribution in [2.75, 3.05) is 0 Å². The standard InChI is InChI=1S/C27H35FN4O3/c1-16(25(34)31-14-18-4-6-19(28)7-5-18)20-8-10-27(3)11-9-21(17(2)23(27)24(20)33)32-26(35)22-15-29-12-13-30-22/h4-7,12-13,15-17,20-21,23-24,33H,8-11,14H2,1-3H3,(H,31,34)(H,32,35)/t16-,17+,20-,21-,23+,24-,27-/m0/s1. The lowest BCUT2D eigenvalue weighted by molar-refractivity contribution is -0.142. The summed E-state index contributed by atoms with van der Waals surface area (Å²) in [5.74, 6) is -1.20. The molecule has 2 aliphatic rings. The Labute approximate surface area is 206 Å².